The fourth-order valence-electron chi connectivity index (χ4n) is 2.06. The van der Waals surface area contributed by atoms with E-state index in [0.717, 1.165) is 25.1 Å². The highest BCUT2D eigenvalue weighted by atomic mass is 16.3. The van der Waals surface area contributed by atoms with Crippen LogP contribution in [-0.2, 0) is 6.54 Å². The van der Waals surface area contributed by atoms with E-state index in [0.29, 0.717) is 6.42 Å². The Morgan fingerprint density at radius 1 is 1.50 bits per heavy atom. The van der Waals surface area contributed by atoms with Gasteiger partial charge in [-0.3, -0.25) is 4.68 Å². The number of rotatable bonds is 7. The zero-order valence-electron chi connectivity index (χ0n) is 10.3. The van der Waals surface area contributed by atoms with Crippen LogP contribution in [-0.4, -0.2) is 27.5 Å². The van der Waals surface area contributed by atoms with Gasteiger partial charge in [-0.25, -0.2) is 0 Å². The summed E-state index contributed by atoms with van der Waals surface area (Å²) in [5.74, 6) is 0.212. The van der Waals surface area contributed by atoms with Gasteiger partial charge in [0, 0.05) is 37.0 Å². The minimum atomic E-state index is 0.0967. The van der Waals surface area contributed by atoms with E-state index in [1.54, 1.807) is 0 Å². The molecule has 0 aliphatic heterocycles. The van der Waals surface area contributed by atoms with Crippen molar-refractivity contribution in [1.29, 1.82) is 0 Å². The highest BCUT2D eigenvalue weighted by Crippen LogP contribution is 2.23. The maximum absolute atomic E-state index is 9.12. The molecular weight excluding hydrogens is 202 g/mol. The highest BCUT2D eigenvalue weighted by molar-refractivity contribution is 5.11. The monoisotopic (exact) mass is 225 g/mol. The molecule has 4 nitrogen and oxygen atoms in total. The number of nitrogens with two attached hydrogens (primary N) is 1. The topological polar surface area (TPSA) is 64.1 Å². The summed E-state index contributed by atoms with van der Waals surface area (Å²) in [6.45, 7) is 5.30. The lowest BCUT2D eigenvalue weighted by Gasteiger charge is -2.23. The molecule has 1 aromatic heterocycles. The quantitative estimate of drug-likeness (QED) is 0.739. The van der Waals surface area contributed by atoms with Crippen molar-refractivity contribution in [3.05, 3.63) is 18.0 Å². The third-order valence-electron chi connectivity index (χ3n) is 2.99. The molecule has 0 radical (unpaired) electrons. The number of aromatic nitrogens is 2. The van der Waals surface area contributed by atoms with Crippen molar-refractivity contribution in [2.45, 2.75) is 51.6 Å². The number of hydrogen-bond acceptors (Lipinski definition) is 3. The molecular formula is C12H23N3O. The van der Waals surface area contributed by atoms with Crippen molar-refractivity contribution in [2.24, 2.45) is 5.73 Å². The number of hydrogen-bond donors (Lipinski definition) is 2. The standard InChI is InChI=1S/C12H23N3O/c1-3-8-15-12(5-7-14-15)10(6-9-16)11(13)4-2/h5,7,10-11,16H,3-4,6,8-9,13H2,1-2H3. The Morgan fingerprint density at radius 2 is 2.25 bits per heavy atom. The normalized spacial score (nSPS) is 15.0. The third kappa shape index (κ3) is 3.06. The van der Waals surface area contributed by atoms with Crippen molar-refractivity contribution in [3.63, 3.8) is 0 Å². The SMILES string of the molecule is CCCn1nccc1C(CCO)C(N)CC. The van der Waals surface area contributed by atoms with Crippen LogP contribution in [0, 0.1) is 0 Å². The van der Waals surface area contributed by atoms with Crippen LogP contribution in [0.15, 0.2) is 12.3 Å². The van der Waals surface area contributed by atoms with Crippen LogP contribution in [0.2, 0.25) is 0 Å². The van der Waals surface area contributed by atoms with Gasteiger partial charge < -0.3 is 10.8 Å². The fourth-order valence-corrected chi connectivity index (χ4v) is 2.06. The zero-order chi connectivity index (χ0) is 12.0. The van der Waals surface area contributed by atoms with Gasteiger partial charge in [-0.05, 0) is 25.3 Å². The Hall–Kier alpha value is -0.870. The molecule has 1 heterocycles. The molecule has 0 saturated heterocycles. The summed E-state index contributed by atoms with van der Waals surface area (Å²) in [6.07, 6.45) is 4.51. The molecule has 0 bridgehead atoms. The van der Waals surface area contributed by atoms with Crippen LogP contribution >= 0.6 is 0 Å². The maximum atomic E-state index is 9.12. The van der Waals surface area contributed by atoms with Crippen molar-refractivity contribution in [2.75, 3.05) is 6.61 Å². The molecule has 0 saturated carbocycles. The lowest BCUT2D eigenvalue weighted by atomic mass is 9.91. The second-order valence-corrected chi connectivity index (χ2v) is 4.17. The first-order valence-electron chi connectivity index (χ1n) is 6.12. The second kappa shape index (κ2) is 6.66. The van der Waals surface area contributed by atoms with E-state index in [1.807, 2.05) is 16.9 Å². The predicted octanol–water partition coefficient (Wildman–Crippen LogP) is 1.50. The molecule has 92 valence electrons. The molecule has 0 spiro atoms. The molecule has 16 heavy (non-hydrogen) atoms. The molecule has 1 rings (SSSR count). The van der Waals surface area contributed by atoms with Gasteiger partial charge >= 0.3 is 0 Å². The van der Waals surface area contributed by atoms with Gasteiger partial charge in [0.1, 0.15) is 0 Å². The lowest BCUT2D eigenvalue weighted by molar-refractivity contribution is 0.262. The van der Waals surface area contributed by atoms with Crippen LogP contribution in [0.5, 0.6) is 0 Å². The summed E-state index contributed by atoms with van der Waals surface area (Å²) >= 11 is 0. The maximum Gasteiger partial charge on any atom is 0.0492 e. The lowest BCUT2D eigenvalue weighted by Crippen LogP contribution is -2.30. The first-order chi connectivity index (χ1) is 7.74. The fraction of sp³-hybridized carbons (Fsp3) is 0.750. The number of nitrogens with zero attached hydrogens (tertiary/aromatic N) is 2. The summed E-state index contributed by atoms with van der Waals surface area (Å²) < 4.78 is 2.01. The molecule has 0 amide bonds. The van der Waals surface area contributed by atoms with Crippen LogP contribution in [0.3, 0.4) is 0 Å². The van der Waals surface area contributed by atoms with Gasteiger partial charge in [-0.15, -0.1) is 0 Å². The molecule has 0 aromatic carbocycles. The Balaban J connectivity index is 2.86. The molecule has 0 fully saturated rings. The highest BCUT2D eigenvalue weighted by Gasteiger charge is 2.21. The van der Waals surface area contributed by atoms with Crippen molar-refractivity contribution in [1.82, 2.24) is 9.78 Å². The summed E-state index contributed by atoms with van der Waals surface area (Å²) in [5, 5.41) is 13.4. The second-order valence-electron chi connectivity index (χ2n) is 4.17. The van der Waals surface area contributed by atoms with E-state index in [4.69, 9.17) is 10.8 Å². The molecule has 0 aliphatic rings. The first-order valence-corrected chi connectivity index (χ1v) is 6.12. The Labute approximate surface area is 97.5 Å². The zero-order valence-corrected chi connectivity index (χ0v) is 10.3. The smallest absolute Gasteiger partial charge is 0.0492 e. The summed E-state index contributed by atoms with van der Waals surface area (Å²) in [6, 6.07) is 2.12. The van der Waals surface area contributed by atoms with E-state index < -0.39 is 0 Å². The van der Waals surface area contributed by atoms with Gasteiger partial charge in [-0.2, -0.15) is 5.10 Å². The Bertz CT molecular complexity index is 298. The van der Waals surface area contributed by atoms with Crippen molar-refractivity contribution >= 4 is 0 Å². The van der Waals surface area contributed by atoms with E-state index >= 15 is 0 Å². The minimum absolute atomic E-state index is 0.0967. The predicted molar refractivity (Wildman–Crippen MR) is 65.2 cm³/mol. The molecule has 2 unspecified atom stereocenters. The van der Waals surface area contributed by atoms with Crippen LogP contribution in [0.25, 0.3) is 0 Å². The number of aliphatic hydroxyl groups is 1. The van der Waals surface area contributed by atoms with E-state index in [2.05, 4.69) is 18.9 Å². The van der Waals surface area contributed by atoms with Crippen molar-refractivity contribution in [3.8, 4) is 0 Å². The number of aliphatic hydroxyl groups excluding tert-OH is 1. The van der Waals surface area contributed by atoms with Crippen LogP contribution in [0.1, 0.15) is 44.7 Å². The van der Waals surface area contributed by atoms with Gasteiger partial charge in [0.15, 0.2) is 0 Å². The largest absolute Gasteiger partial charge is 0.396 e. The average molecular weight is 225 g/mol. The van der Waals surface area contributed by atoms with E-state index in [9.17, 15) is 0 Å². The molecule has 4 heteroatoms. The molecule has 1 aromatic rings. The molecule has 3 N–H and O–H groups in total. The first kappa shape index (κ1) is 13.2. The third-order valence-corrected chi connectivity index (χ3v) is 2.99. The van der Waals surface area contributed by atoms with E-state index in [-0.39, 0.29) is 18.6 Å². The van der Waals surface area contributed by atoms with Crippen LogP contribution < -0.4 is 5.73 Å². The van der Waals surface area contributed by atoms with Crippen LogP contribution in [0.4, 0.5) is 0 Å². The summed E-state index contributed by atoms with van der Waals surface area (Å²) in [5.41, 5.74) is 7.26. The van der Waals surface area contributed by atoms with Gasteiger partial charge in [-0.1, -0.05) is 13.8 Å². The minimum Gasteiger partial charge on any atom is -0.396 e. The van der Waals surface area contributed by atoms with Gasteiger partial charge in [0.05, 0.1) is 0 Å². The van der Waals surface area contributed by atoms with Gasteiger partial charge in [0.25, 0.3) is 0 Å². The van der Waals surface area contributed by atoms with E-state index in [1.165, 1.54) is 0 Å². The molecule has 0 aliphatic carbocycles. The summed E-state index contributed by atoms with van der Waals surface area (Å²) in [7, 11) is 0. The Kier molecular flexibility index (Phi) is 5.49. The Morgan fingerprint density at radius 3 is 2.81 bits per heavy atom. The average Bonchev–Trinajstić information content (AvgIpc) is 2.73. The van der Waals surface area contributed by atoms with Crippen molar-refractivity contribution < 1.29 is 5.11 Å². The van der Waals surface area contributed by atoms with Gasteiger partial charge in [0.2, 0.25) is 0 Å². The number of aryl methyl sites for hydroxylation is 1. The summed E-state index contributed by atoms with van der Waals surface area (Å²) in [4.78, 5) is 0. The molecule has 2 atom stereocenters.